The molecular formula is C8H15NO3S. The van der Waals surface area contributed by atoms with E-state index in [1.54, 1.807) is 6.92 Å². The van der Waals surface area contributed by atoms with Gasteiger partial charge in [0.05, 0.1) is 11.5 Å². The fourth-order valence-electron chi connectivity index (χ4n) is 1.36. The van der Waals surface area contributed by atoms with Crippen molar-refractivity contribution in [2.45, 2.75) is 32.2 Å². The summed E-state index contributed by atoms with van der Waals surface area (Å²) in [4.78, 5) is 11.0. The Hall–Kier alpha value is -0.580. The molecule has 1 fully saturated rings. The zero-order valence-corrected chi connectivity index (χ0v) is 8.56. The number of rotatable bonds is 2. The van der Waals surface area contributed by atoms with E-state index in [-0.39, 0.29) is 23.5 Å². The van der Waals surface area contributed by atoms with Crippen molar-refractivity contribution in [2.24, 2.45) is 0 Å². The predicted molar refractivity (Wildman–Crippen MR) is 50.1 cm³/mol. The van der Waals surface area contributed by atoms with Crippen molar-refractivity contribution in [1.29, 1.82) is 0 Å². The molecule has 1 heterocycles. The molecule has 0 unspecified atom stereocenters. The van der Waals surface area contributed by atoms with Gasteiger partial charge in [-0.1, -0.05) is 6.92 Å². The molecule has 13 heavy (non-hydrogen) atoms. The molecule has 0 aromatic carbocycles. The third kappa shape index (κ3) is 3.34. The van der Waals surface area contributed by atoms with Gasteiger partial charge in [-0.15, -0.1) is 0 Å². The molecule has 4 nitrogen and oxygen atoms in total. The highest BCUT2D eigenvalue weighted by atomic mass is 32.2. The molecule has 0 spiro atoms. The predicted octanol–water partition coefficient (Wildman–Crippen LogP) is 0.0898. The Morgan fingerprint density at radius 2 is 1.92 bits per heavy atom. The van der Waals surface area contributed by atoms with Crippen molar-refractivity contribution in [1.82, 2.24) is 5.32 Å². The SMILES string of the molecule is CCC(=O)NC1CCS(=O)(=O)CC1. The highest BCUT2D eigenvalue weighted by molar-refractivity contribution is 7.91. The lowest BCUT2D eigenvalue weighted by atomic mass is 10.1. The Labute approximate surface area is 78.6 Å². The van der Waals surface area contributed by atoms with Gasteiger partial charge in [-0.25, -0.2) is 8.42 Å². The summed E-state index contributed by atoms with van der Waals surface area (Å²) in [5.41, 5.74) is 0. The van der Waals surface area contributed by atoms with Gasteiger partial charge in [0.25, 0.3) is 0 Å². The van der Waals surface area contributed by atoms with E-state index in [0.717, 1.165) is 0 Å². The number of carbonyl (C=O) groups excluding carboxylic acids is 1. The lowest BCUT2D eigenvalue weighted by Crippen LogP contribution is -2.40. The summed E-state index contributed by atoms with van der Waals surface area (Å²) >= 11 is 0. The Bertz CT molecular complexity index is 270. The molecule has 1 N–H and O–H groups in total. The minimum Gasteiger partial charge on any atom is -0.353 e. The highest BCUT2D eigenvalue weighted by Gasteiger charge is 2.23. The number of hydrogen-bond donors (Lipinski definition) is 1. The average molecular weight is 205 g/mol. The molecule has 0 aromatic rings. The fraction of sp³-hybridized carbons (Fsp3) is 0.875. The van der Waals surface area contributed by atoms with Crippen LogP contribution in [0, 0.1) is 0 Å². The zero-order chi connectivity index (χ0) is 9.90. The van der Waals surface area contributed by atoms with Gasteiger partial charge in [0.2, 0.25) is 5.91 Å². The average Bonchev–Trinajstić information content (AvgIpc) is 2.08. The summed E-state index contributed by atoms with van der Waals surface area (Å²) in [6, 6.07) is 0.0657. The second-order valence-corrected chi connectivity index (χ2v) is 5.65. The smallest absolute Gasteiger partial charge is 0.219 e. The molecular weight excluding hydrogens is 190 g/mol. The van der Waals surface area contributed by atoms with Crippen molar-refractivity contribution in [3.8, 4) is 0 Å². The number of amides is 1. The maximum atomic E-state index is 11.0. The van der Waals surface area contributed by atoms with Crippen molar-refractivity contribution in [3.63, 3.8) is 0 Å². The quantitative estimate of drug-likeness (QED) is 0.695. The van der Waals surface area contributed by atoms with Crippen LogP contribution in [0.2, 0.25) is 0 Å². The number of carbonyl (C=O) groups is 1. The van der Waals surface area contributed by atoms with E-state index < -0.39 is 9.84 Å². The summed E-state index contributed by atoms with van der Waals surface area (Å²) in [6.45, 7) is 1.79. The van der Waals surface area contributed by atoms with Crippen molar-refractivity contribution >= 4 is 15.7 Å². The first-order valence-electron chi connectivity index (χ1n) is 4.53. The highest BCUT2D eigenvalue weighted by Crippen LogP contribution is 2.11. The van der Waals surface area contributed by atoms with Crippen LogP contribution in [0.25, 0.3) is 0 Å². The number of hydrogen-bond acceptors (Lipinski definition) is 3. The topological polar surface area (TPSA) is 63.2 Å². The van der Waals surface area contributed by atoms with Crippen LogP contribution in [0.15, 0.2) is 0 Å². The van der Waals surface area contributed by atoms with Crippen LogP contribution in [0.3, 0.4) is 0 Å². The minimum atomic E-state index is -2.81. The second kappa shape index (κ2) is 4.09. The Morgan fingerprint density at radius 3 is 2.38 bits per heavy atom. The third-order valence-corrected chi connectivity index (χ3v) is 3.96. The molecule has 0 aliphatic carbocycles. The summed E-state index contributed by atoms with van der Waals surface area (Å²) in [7, 11) is -2.81. The Kier molecular flexibility index (Phi) is 3.30. The second-order valence-electron chi connectivity index (χ2n) is 3.35. The van der Waals surface area contributed by atoms with Gasteiger partial charge in [0.15, 0.2) is 0 Å². The fourth-order valence-corrected chi connectivity index (χ4v) is 2.86. The van der Waals surface area contributed by atoms with Gasteiger partial charge >= 0.3 is 0 Å². The summed E-state index contributed by atoms with van der Waals surface area (Å²) in [5.74, 6) is 0.424. The van der Waals surface area contributed by atoms with E-state index in [9.17, 15) is 13.2 Å². The molecule has 0 atom stereocenters. The maximum absolute atomic E-state index is 11.0. The van der Waals surface area contributed by atoms with E-state index in [4.69, 9.17) is 0 Å². The first kappa shape index (κ1) is 10.5. The monoisotopic (exact) mass is 205 g/mol. The Morgan fingerprint density at radius 1 is 1.38 bits per heavy atom. The van der Waals surface area contributed by atoms with Crippen LogP contribution in [0.5, 0.6) is 0 Å². The third-order valence-electron chi connectivity index (χ3n) is 2.24. The lowest BCUT2D eigenvalue weighted by molar-refractivity contribution is -0.121. The molecule has 1 saturated heterocycles. The molecule has 1 rings (SSSR count). The molecule has 0 radical (unpaired) electrons. The van der Waals surface area contributed by atoms with Crippen LogP contribution >= 0.6 is 0 Å². The molecule has 0 saturated carbocycles. The first-order valence-corrected chi connectivity index (χ1v) is 6.35. The van der Waals surface area contributed by atoms with Crippen LogP contribution in [0.1, 0.15) is 26.2 Å². The summed E-state index contributed by atoms with van der Waals surface area (Å²) in [6.07, 6.45) is 1.59. The van der Waals surface area contributed by atoms with E-state index >= 15 is 0 Å². The molecule has 0 aromatic heterocycles. The molecule has 1 aliphatic rings. The molecule has 1 amide bonds. The van der Waals surface area contributed by atoms with Crippen molar-refractivity contribution < 1.29 is 13.2 Å². The van der Waals surface area contributed by atoms with Crippen LogP contribution in [-0.2, 0) is 14.6 Å². The van der Waals surface area contributed by atoms with Crippen LogP contribution < -0.4 is 5.32 Å². The van der Waals surface area contributed by atoms with E-state index in [1.807, 2.05) is 0 Å². The van der Waals surface area contributed by atoms with Gasteiger partial charge < -0.3 is 5.32 Å². The van der Waals surface area contributed by atoms with Gasteiger partial charge in [-0.05, 0) is 12.8 Å². The number of sulfone groups is 1. The van der Waals surface area contributed by atoms with Gasteiger partial charge in [0, 0.05) is 12.5 Å². The minimum absolute atomic E-state index is 0.00398. The molecule has 76 valence electrons. The maximum Gasteiger partial charge on any atom is 0.219 e. The number of nitrogens with one attached hydrogen (secondary N) is 1. The standard InChI is InChI=1S/C8H15NO3S/c1-2-8(10)9-7-3-5-13(11,12)6-4-7/h7H,2-6H2,1H3,(H,9,10). The van der Waals surface area contributed by atoms with Crippen molar-refractivity contribution in [2.75, 3.05) is 11.5 Å². The van der Waals surface area contributed by atoms with Crippen molar-refractivity contribution in [3.05, 3.63) is 0 Å². The van der Waals surface area contributed by atoms with Crippen LogP contribution in [0.4, 0.5) is 0 Å². The van der Waals surface area contributed by atoms with E-state index in [0.29, 0.717) is 19.3 Å². The summed E-state index contributed by atoms with van der Waals surface area (Å²) in [5, 5.41) is 2.80. The Balaban J connectivity index is 2.38. The van der Waals surface area contributed by atoms with E-state index in [1.165, 1.54) is 0 Å². The van der Waals surface area contributed by atoms with Crippen LogP contribution in [-0.4, -0.2) is 31.9 Å². The van der Waals surface area contributed by atoms with E-state index in [2.05, 4.69) is 5.32 Å². The lowest BCUT2D eigenvalue weighted by Gasteiger charge is -2.22. The zero-order valence-electron chi connectivity index (χ0n) is 7.75. The first-order chi connectivity index (χ1) is 6.03. The molecule has 0 bridgehead atoms. The molecule has 1 aliphatic heterocycles. The molecule has 5 heteroatoms. The summed E-state index contributed by atoms with van der Waals surface area (Å²) < 4.78 is 22.1. The normalized spacial score (nSPS) is 22.5. The van der Waals surface area contributed by atoms with Gasteiger partial charge in [-0.2, -0.15) is 0 Å². The largest absolute Gasteiger partial charge is 0.353 e. The van der Waals surface area contributed by atoms with Gasteiger partial charge in [-0.3, -0.25) is 4.79 Å². The van der Waals surface area contributed by atoms with Gasteiger partial charge in [0.1, 0.15) is 9.84 Å².